The third-order valence-corrected chi connectivity index (χ3v) is 6.34. The van der Waals surface area contributed by atoms with Gasteiger partial charge < -0.3 is 28.4 Å². The SMILES string of the molecule is C=C(C)C(=O)OC(C)COCCOc1ccc(C(C)(C)c2ccc(OCC(C)OCCOC(=O)C(C)C)cc2)cc1. The summed E-state index contributed by atoms with van der Waals surface area (Å²) < 4.78 is 33.2. The van der Waals surface area contributed by atoms with Crippen LogP contribution in [0, 0.1) is 5.92 Å². The second kappa shape index (κ2) is 16.8. The third-order valence-electron chi connectivity index (χ3n) is 6.34. The number of ether oxygens (including phenoxy) is 6. The standard InChI is InChI=1S/C33H46O8/c1-23(2)31(34)39-20-19-37-25(5)22-40-30-15-11-28(12-16-30)33(7,8)27-9-13-29(14-10-27)38-18-17-36-21-26(6)41-32(35)24(3)4/h9-16,23,25-26H,3,17-22H2,1-2,4-8H3. The molecule has 2 aromatic rings. The van der Waals surface area contributed by atoms with Gasteiger partial charge in [-0.25, -0.2) is 4.79 Å². The Morgan fingerprint density at radius 3 is 1.85 bits per heavy atom. The largest absolute Gasteiger partial charge is 0.491 e. The van der Waals surface area contributed by atoms with Crippen molar-refractivity contribution in [2.24, 2.45) is 5.92 Å². The van der Waals surface area contributed by atoms with Gasteiger partial charge in [0.05, 0.1) is 31.8 Å². The molecule has 0 heterocycles. The van der Waals surface area contributed by atoms with E-state index in [1.165, 1.54) is 0 Å². The van der Waals surface area contributed by atoms with E-state index >= 15 is 0 Å². The fraction of sp³-hybridized carbons (Fsp3) is 0.515. The van der Waals surface area contributed by atoms with Crippen molar-refractivity contribution in [3.8, 4) is 11.5 Å². The molecule has 8 nitrogen and oxygen atoms in total. The van der Waals surface area contributed by atoms with Crippen molar-refractivity contribution < 1.29 is 38.0 Å². The molecule has 0 saturated heterocycles. The van der Waals surface area contributed by atoms with Crippen LogP contribution in [0.15, 0.2) is 60.7 Å². The van der Waals surface area contributed by atoms with Crippen LogP contribution in [0.2, 0.25) is 0 Å². The van der Waals surface area contributed by atoms with Gasteiger partial charge in [-0.05, 0) is 56.2 Å². The lowest BCUT2D eigenvalue weighted by molar-refractivity contribution is -0.149. The zero-order valence-corrected chi connectivity index (χ0v) is 25.6. The van der Waals surface area contributed by atoms with Crippen molar-refractivity contribution >= 4 is 11.9 Å². The minimum atomic E-state index is -0.416. The highest BCUT2D eigenvalue weighted by Gasteiger charge is 2.23. The van der Waals surface area contributed by atoms with Crippen LogP contribution in [-0.2, 0) is 34.0 Å². The van der Waals surface area contributed by atoms with E-state index in [9.17, 15) is 9.59 Å². The van der Waals surface area contributed by atoms with Gasteiger partial charge in [0.1, 0.15) is 37.4 Å². The molecule has 2 unspecified atom stereocenters. The van der Waals surface area contributed by atoms with E-state index in [4.69, 9.17) is 28.4 Å². The van der Waals surface area contributed by atoms with Gasteiger partial charge in [-0.1, -0.05) is 58.5 Å². The van der Waals surface area contributed by atoms with E-state index < -0.39 is 5.97 Å². The molecule has 2 atom stereocenters. The molecule has 0 fully saturated rings. The summed E-state index contributed by atoms with van der Waals surface area (Å²) in [7, 11) is 0. The molecule has 226 valence electrons. The molecular weight excluding hydrogens is 524 g/mol. The maximum Gasteiger partial charge on any atom is 0.333 e. The van der Waals surface area contributed by atoms with Crippen LogP contribution in [0.4, 0.5) is 0 Å². The van der Waals surface area contributed by atoms with Crippen molar-refractivity contribution in [2.45, 2.75) is 66.1 Å². The molecule has 0 N–H and O–H groups in total. The Kier molecular flexibility index (Phi) is 13.9. The number of esters is 2. The maximum atomic E-state index is 11.5. The van der Waals surface area contributed by atoms with Crippen molar-refractivity contribution in [1.82, 2.24) is 0 Å². The van der Waals surface area contributed by atoms with Gasteiger partial charge in [-0.3, -0.25) is 4.79 Å². The Morgan fingerprint density at radius 2 is 1.32 bits per heavy atom. The summed E-state index contributed by atoms with van der Waals surface area (Å²) in [6, 6.07) is 16.1. The van der Waals surface area contributed by atoms with Crippen LogP contribution >= 0.6 is 0 Å². The Hall–Kier alpha value is -3.36. The molecule has 2 rings (SSSR count). The Morgan fingerprint density at radius 1 is 0.756 bits per heavy atom. The molecular formula is C33H46O8. The highest BCUT2D eigenvalue weighted by Crippen LogP contribution is 2.33. The summed E-state index contributed by atoms with van der Waals surface area (Å²) in [5.74, 6) is 0.740. The molecule has 0 aliphatic carbocycles. The molecule has 0 bridgehead atoms. The second-order valence-electron chi connectivity index (χ2n) is 10.9. The first-order valence-electron chi connectivity index (χ1n) is 14.1. The Bertz CT molecular complexity index is 1090. The Labute approximate surface area is 244 Å². The first-order chi connectivity index (χ1) is 19.4. The van der Waals surface area contributed by atoms with E-state index in [1.807, 2.05) is 31.2 Å². The second-order valence-corrected chi connectivity index (χ2v) is 10.9. The van der Waals surface area contributed by atoms with Gasteiger partial charge in [-0.15, -0.1) is 0 Å². The molecule has 41 heavy (non-hydrogen) atoms. The highest BCUT2D eigenvalue weighted by atomic mass is 16.6. The molecule has 0 aliphatic heterocycles. The summed E-state index contributed by atoms with van der Waals surface area (Å²) in [5, 5.41) is 0. The average molecular weight is 571 g/mol. The van der Waals surface area contributed by atoms with Crippen molar-refractivity contribution in [3.05, 3.63) is 71.8 Å². The summed E-state index contributed by atoms with van der Waals surface area (Å²) in [4.78, 5) is 23.0. The number of benzene rings is 2. The molecule has 0 aromatic heterocycles. The van der Waals surface area contributed by atoms with E-state index in [0.29, 0.717) is 38.6 Å². The molecule has 0 radical (unpaired) electrons. The number of rotatable bonds is 18. The Balaban J connectivity index is 1.75. The molecule has 0 saturated carbocycles. The number of hydrogen-bond donors (Lipinski definition) is 0. The van der Waals surface area contributed by atoms with Crippen LogP contribution < -0.4 is 9.47 Å². The van der Waals surface area contributed by atoms with Crippen molar-refractivity contribution in [3.63, 3.8) is 0 Å². The molecule has 0 spiro atoms. The predicted molar refractivity (Wildman–Crippen MR) is 158 cm³/mol. The highest BCUT2D eigenvalue weighted by molar-refractivity contribution is 5.87. The van der Waals surface area contributed by atoms with Crippen LogP contribution in [0.5, 0.6) is 11.5 Å². The molecule has 8 heteroatoms. The van der Waals surface area contributed by atoms with Crippen molar-refractivity contribution in [2.75, 3.05) is 39.6 Å². The third kappa shape index (κ3) is 12.0. The lowest BCUT2D eigenvalue weighted by Crippen LogP contribution is -2.22. The van der Waals surface area contributed by atoms with Crippen molar-refractivity contribution in [1.29, 1.82) is 0 Å². The predicted octanol–water partition coefficient (Wildman–Crippen LogP) is 5.90. The first kappa shape index (κ1) is 33.8. The summed E-state index contributed by atoms with van der Waals surface area (Å²) >= 11 is 0. The van der Waals surface area contributed by atoms with Gasteiger partial charge >= 0.3 is 11.9 Å². The fourth-order valence-electron chi connectivity index (χ4n) is 3.71. The normalized spacial score (nSPS) is 12.9. The molecule has 0 amide bonds. The van der Waals surface area contributed by atoms with Gasteiger partial charge in [0.15, 0.2) is 0 Å². The first-order valence-corrected chi connectivity index (χ1v) is 14.1. The van der Waals surface area contributed by atoms with E-state index in [0.717, 1.165) is 22.6 Å². The van der Waals surface area contributed by atoms with Gasteiger partial charge in [0, 0.05) is 11.0 Å². The van der Waals surface area contributed by atoms with E-state index in [-0.39, 0.29) is 36.1 Å². The number of hydrogen-bond acceptors (Lipinski definition) is 8. The summed E-state index contributed by atoms with van der Waals surface area (Å²) in [6.45, 7) is 18.9. The number of carbonyl (C=O) groups is 2. The lowest BCUT2D eigenvalue weighted by atomic mass is 9.78. The zero-order chi connectivity index (χ0) is 30.4. The molecule has 0 aliphatic rings. The smallest absolute Gasteiger partial charge is 0.333 e. The average Bonchev–Trinajstić information content (AvgIpc) is 2.94. The van der Waals surface area contributed by atoms with Gasteiger partial charge in [0.2, 0.25) is 0 Å². The van der Waals surface area contributed by atoms with E-state index in [2.05, 4.69) is 44.7 Å². The van der Waals surface area contributed by atoms with Gasteiger partial charge in [0.25, 0.3) is 0 Å². The monoisotopic (exact) mass is 570 g/mol. The minimum Gasteiger partial charge on any atom is -0.491 e. The van der Waals surface area contributed by atoms with E-state index in [1.54, 1.807) is 27.7 Å². The van der Waals surface area contributed by atoms with Gasteiger partial charge in [-0.2, -0.15) is 0 Å². The minimum absolute atomic E-state index is 0.133. The fourth-order valence-corrected chi connectivity index (χ4v) is 3.71. The maximum absolute atomic E-state index is 11.5. The topological polar surface area (TPSA) is 89.5 Å². The molecule has 2 aromatic carbocycles. The summed E-state index contributed by atoms with van der Waals surface area (Å²) in [6.07, 6.45) is -0.483. The lowest BCUT2D eigenvalue weighted by Gasteiger charge is -2.26. The van der Waals surface area contributed by atoms with Crippen LogP contribution in [0.3, 0.4) is 0 Å². The zero-order valence-electron chi connectivity index (χ0n) is 25.6. The quantitative estimate of drug-likeness (QED) is 0.124. The van der Waals surface area contributed by atoms with Crippen LogP contribution in [-0.4, -0.2) is 63.8 Å². The number of carbonyl (C=O) groups excluding carboxylic acids is 2. The van der Waals surface area contributed by atoms with Crippen LogP contribution in [0.25, 0.3) is 0 Å². The summed E-state index contributed by atoms with van der Waals surface area (Å²) in [5.41, 5.74) is 2.46. The van der Waals surface area contributed by atoms with Crippen LogP contribution in [0.1, 0.15) is 59.6 Å².